The van der Waals surface area contributed by atoms with Crippen molar-refractivity contribution in [3.05, 3.63) is 58.9 Å². The molecule has 0 N–H and O–H groups in total. The monoisotopic (exact) mass is 294 g/mol. The minimum absolute atomic E-state index is 0.0710. The van der Waals surface area contributed by atoms with Crippen molar-refractivity contribution < 1.29 is 17.0 Å². The van der Waals surface area contributed by atoms with E-state index in [-0.39, 0.29) is 4.90 Å². The van der Waals surface area contributed by atoms with Gasteiger partial charge in [0, 0.05) is 0 Å². The Bertz CT molecular complexity index is 711. The van der Waals surface area contributed by atoms with Crippen LogP contribution in [0.3, 0.4) is 0 Å². The molecule has 0 spiro atoms. The molecule has 0 heterocycles. The van der Waals surface area contributed by atoms with Crippen LogP contribution in [0.15, 0.2) is 41.3 Å². The van der Waals surface area contributed by atoms with E-state index in [1.165, 1.54) is 12.1 Å². The maximum absolute atomic E-state index is 12.8. The molecule has 0 radical (unpaired) electrons. The lowest BCUT2D eigenvalue weighted by Crippen LogP contribution is -2.11. The Morgan fingerprint density at radius 2 is 1.45 bits per heavy atom. The Balaban J connectivity index is 2.41. The zero-order chi connectivity index (χ0) is 14.9. The van der Waals surface area contributed by atoms with Gasteiger partial charge in [-0.25, -0.2) is 4.39 Å². The maximum atomic E-state index is 12.8. The predicted molar refractivity (Wildman–Crippen MR) is 74.9 cm³/mol. The van der Waals surface area contributed by atoms with Gasteiger partial charge >= 0.3 is 10.1 Å². The summed E-state index contributed by atoms with van der Waals surface area (Å²) < 4.78 is 42.3. The van der Waals surface area contributed by atoms with Gasteiger partial charge in [-0.1, -0.05) is 17.7 Å². The molecule has 20 heavy (non-hydrogen) atoms. The van der Waals surface area contributed by atoms with Gasteiger partial charge in [0.25, 0.3) is 0 Å². The van der Waals surface area contributed by atoms with Crippen molar-refractivity contribution in [1.29, 1.82) is 0 Å². The van der Waals surface area contributed by atoms with Crippen LogP contribution in [0.1, 0.15) is 16.7 Å². The molecule has 0 atom stereocenters. The fraction of sp³-hybridized carbons (Fsp3) is 0.200. The largest absolute Gasteiger partial charge is 0.378 e. The lowest BCUT2D eigenvalue weighted by molar-refractivity contribution is 0.482. The van der Waals surface area contributed by atoms with Gasteiger partial charge < -0.3 is 4.18 Å². The molecular formula is C15H15FO3S. The maximum Gasteiger partial charge on any atom is 0.339 e. The van der Waals surface area contributed by atoms with Crippen LogP contribution in [0, 0.1) is 26.6 Å². The lowest BCUT2D eigenvalue weighted by Gasteiger charge is -2.13. The summed E-state index contributed by atoms with van der Waals surface area (Å²) in [6, 6.07) is 8.24. The first-order chi connectivity index (χ1) is 9.29. The molecule has 0 bridgehead atoms. The highest BCUT2D eigenvalue weighted by atomic mass is 32.2. The molecule has 2 aromatic carbocycles. The highest BCUT2D eigenvalue weighted by molar-refractivity contribution is 7.87. The topological polar surface area (TPSA) is 43.4 Å². The SMILES string of the molecule is Cc1cc(C)c(OS(=O)(=O)c2ccc(F)cc2)c(C)c1. The number of hydrogen-bond donors (Lipinski definition) is 0. The summed E-state index contributed by atoms with van der Waals surface area (Å²) in [4.78, 5) is -0.0710. The predicted octanol–water partition coefficient (Wildman–Crippen LogP) is 3.52. The molecule has 3 nitrogen and oxygen atoms in total. The minimum Gasteiger partial charge on any atom is -0.378 e. The van der Waals surface area contributed by atoms with Crippen LogP contribution in [-0.2, 0) is 10.1 Å². The summed E-state index contributed by atoms with van der Waals surface area (Å²) in [7, 11) is -3.95. The van der Waals surface area contributed by atoms with Gasteiger partial charge in [0.05, 0.1) is 0 Å². The molecule has 0 saturated heterocycles. The van der Waals surface area contributed by atoms with Crippen molar-refractivity contribution in [2.24, 2.45) is 0 Å². The molecule has 106 valence electrons. The summed E-state index contributed by atoms with van der Waals surface area (Å²) in [5.74, 6) is -0.174. The molecule has 5 heteroatoms. The minimum atomic E-state index is -3.95. The third-order valence-corrected chi connectivity index (χ3v) is 4.14. The number of rotatable bonds is 3. The van der Waals surface area contributed by atoms with E-state index in [0.29, 0.717) is 5.75 Å². The van der Waals surface area contributed by atoms with Crippen molar-refractivity contribution in [3.63, 3.8) is 0 Å². The fourth-order valence-electron chi connectivity index (χ4n) is 2.06. The molecule has 2 rings (SSSR count). The number of aryl methyl sites for hydroxylation is 3. The molecule has 0 aromatic heterocycles. The smallest absolute Gasteiger partial charge is 0.339 e. The highest BCUT2D eigenvalue weighted by Gasteiger charge is 2.19. The highest BCUT2D eigenvalue weighted by Crippen LogP contribution is 2.27. The lowest BCUT2D eigenvalue weighted by atomic mass is 10.1. The van der Waals surface area contributed by atoms with Gasteiger partial charge in [-0.2, -0.15) is 8.42 Å². The third-order valence-electron chi connectivity index (χ3n) is 2.90. The van der Waals surface area contributed by atoms with Crippen LogP contribution >= 0.6 is 0 Å². The Kier molecular flexibility index (Phi) is 3.81. The molecule has 2 aromatic rings. The first-order valence-electron chi connectivity index (χ1n) is 6.07. The van der Waals surface area contributed by atoms with E-state index in [0.717, 1.165) is 28.8 Å². The second-order valence-corrected chi connectivity index (χ2v) is 6.27. The summed E-state index contributed by atoms with van der Waals surface area (Å²) in [5, 5.41) is 0. The van der Waals surface area contributed by atoms with E-state index in [2.05, 4.69) is 0 Å². The van der Waals surface area contributed by atoms with Crippen LogP contribution < -0.4 is 4.18 Å². The van der Waals surface area contributed by atoms with E-state index in [1.54, 1.807) is 13.8 Å². The molecule has 0 fully saturated rings. The van der Waals surface area contributed by atoms with E-state index in [1.807, 2.05) is 19.1 Å². The van der Waals surface area contributed by atoms with Gasteiger partial charge in [-0.05, 0) is 56.2 Å². The summed E-state index contributed by atoms with van der Waals surface area (Å²) in [6.45, 7) is 5.50. The van der Waals surface area contributed by atoms with Crippen molar-refractivity contribution in [2.45, 2.75) is 25.7 Å². The average molecular weight is 294 g/mol. The second kappa shape index (κ2) is 5.25. The number of benzene rings is 2. The molecular weight excluding hydrogens is 279 g/mol. The zero-order valence-electron chi connectivity index (χ0n) is 11.5. The summed E-state index contributed by atoms with van der Waals surface area (Å²) in [5.41, 5.74) is 2.52. The normalized spacial score (nSPS) is 11.4. The van der Waals surface area contributed by atoms with E-state index < -0.39 is 15.9 Å². The average Bonchev–Trinajstić information content (AvgIpc) is 2.34. The molecule has 0 amide bonds. The standard InChI is InChI=1S/C15H15FO3S/c1-10-8-11(2)15(12(3)9-10)19-20(17,18)14-6-4-13(16)5-7-14/h4-9H,1-3H3. The van der Waals surface area contributed by atoms with Gasteiger partial charge in [0.15, 0.2) is 0 Å². The van der Waals surface area contributed by atoms with E-state index >= 15 is 0 Å². The van der Waals surface area contributed by atoms with Crippen molar-refractivity contribution in [3.8, 4) is 5.75 Å². The van der Waals surface area contributed by atoms with Gasteiger partial charge in [0.1, 0.15) is 16.5 Å². The molecule has 0 saturated carbocycles. The zero-order valence-corrected chi connectivity index (χ0v) is 12.3. The third kappa shape index (κ3) is 2.99. The van der Waals surface area contributed by atoms with Gasteiger partial charge in [-0.15, -0.1) is 0 Å². The second-order valence-electron chi connectivity index (χ2n) is 4.72. The van der Waals surface area contributed by atoms with Crippen LogP contribution in [0.2, 0.25) is 0 Å². The summed E-state index contributed by atoms with van der Waals surface area (Å²) in [6.07, 6.45) is 0. The number of halogens is 1. The first-order valence-corrected chi connectivity index (χ1v) is 7.48. The van der Waals surface area contributed by atoms with Crippen molar-refractivity contribution in [2.75, 3.05) is 0 Å². The molecule has 0 unspecified atom stereocenters. The van der Waals surface area contributed by atoms with Crippen LogP contribution in [0.4, 0.5) is 4.39 Å². The Hall–Kier alpha value is -1.88. The molecule has 0 aliphatic heterocycles. The Labute approximate surface area is 118 Å². The van der Waals surface area contributed by atoms with E-state index in [9.17, 15) is 12.8 Å². The quantitative estimate of drug-likeness (QED) is 0.813. The van der Waals surface area contributed by atoms with Gasteiger partial charge in [0.2, 0.25) is 0 Å². The van der Waals surface area contributed by atoms with Gasteiger partial charge in [-0.3, -0.25) is 0 Å². The number of hydrogen-bond acceptors (Lipinski definition) is 3. The molecule has 0 aliphatic carbocycles. The van der Waals surface area contributed by atoms with E-state index in [4.69, 9.17) is 4.18 Å². The molecule has 0 aliphatic rings. The van der Waals surface area contributed by atoms with Crippen LogP contribution in [0.25, 0.3) is 0 Å². The Morgan fingerprint density at radius 3 is 1.95 bits per heavy atom. The fourth-order valence-corrected chi connectivity index (χ4v) is 3.11. The first kappa shape index (κ1) is 14.5. The van der Waals surface area contributed by atoms with Crippen LogP contribution in [-0.4, -0.2) is 8.42 Å². The van der Waals surface area contributed by atoms with Crippen molar-refractivity contribution in [1.82, 2.24) is 0 Å². The van der Waals surface area contributed by atoms with Crippen LogP contribution in [0.5, 0.6) is 5.75 Å². The van der Waals surface area contributed by atoms with Crippen molar-refractivity contribution >= 4 is 10.1 Å². The Morgan fingerprint density at radius 1 is 0.950 bits per heavy atom. The summed E-state index contributed by atoms with van der Waals surface area (Å²) >= 11 is 0.